The zero-order valence-corrected chi connectivity index (χ0v) is 19.0. The first-order valence-corrected chi connectivity index (χ1v) is 11.4. The summed E-state index contributed by atoms with van der Waals surface area (Å²) in [5.41, 5.74) is 0.477. The van der Waals surface area contributed by atoms with Crippen LogP contribution in [0.4, 0.5) is 5.69 Å². The first kappa shape index (κ1) is 24.0. The average Bonchev–Trinajstić information content (AvgIpc) is 3.18. The number of nitrogens with zero attached hydrogens (tertiary/aromatic N) is 1. The fraction of sp³-hybridized carbons (Fsp3) is 0.545. The molecule has 1 saturated heterocycles. The number of unbranched alkanes of at least 4 members (excludes halogenated alkanes) is 6. The summed E-state index contributed by atoms with van der Waals surface area (Å²) in [5, 5.41) is 3.62. The van der Waals surface area contributed by atoms with Crippen molar-refractivity contribution < 1.29 is 9.59 Å². The van der Waals surface area contributed by atoms with Crippen molar-refractivity contribution in [3.63, 3.8) is 0 Å². The first-order valence-electron chi connectivity index (χ1n) is 10.3. The molecule has 2 rings (SSSR count). The summed E-state index contributed by atoms with van der Waals surface area (Å²) in [4.78, 5) is 27.0. The van der Waals surface area contributed by atoms with E-state index >= 15 is 0 Å². The number of anilines is 1. The summed E-state index contributed by atoms with van der Waals surface area (Å²) in [5.74, 6) is -0.158. The molecule has 1 aliphatic rings. The maximum Gasteiger partial charge on any atom is 0.247 e. The van der Waals surface area contributed by atoms with Crippen molar-refractivity contribution in [2.24, 2.45) is 0 Å². The number of benzene rings is 1. The number of halogens is 3. The van der Waals surface area contributed by atoms with Crippen LogP contribution in [0.3, 0.4) is 0 Å². The third kappa shape index (κ3) is 7.51. The van der Waals surface area contributed by atoms with Crippen LogP contribution in [0.25, 0.3) is 0 Å². The van der Waals surface area contributed by atoms with Crippen molar-refractivity contribution in [1.82, 2.24) is 4.90 Å². The number of carbonyl (C=O) groups excluding carboxylic acids is 2. The highest BCUT2D eigenvalue weighted by atomic mass is 35.5. The Morgan fingerprint density at radius 1 is 1.07 bits per heavy atom. The largest absolute Gasteiger partial charge is 0.331 e. The molecule has 1 atom stereocenters. The van der Waals surface area contributed by atoms with Crippen molar-refractivity contribution in [2.75, 3.05) is 11.9 Å². The van der Waals surface area contributed by atoms with E-state index in [0.717, 1.165) is 32.1 Å². The second-order valence-corrected chi connectivity index (χ2v) is 8.63. The molecule has 1 aromatic rings. The summed E-state index contributed by atoms with van der Waals surface area (Å²) >= 11 is 18.0. The normalized spacial score (nSPS) is 16.1. The van der Waals surface area contributed by atoms with E-state index in [1.54, 1.807) is 17.0 Å². The number of allylic oxidation sites excluding steroid dienone is 1. The van der Waals surface area contributed by atoms with E-state index in [0.29, 0.717) is 25.1 Å². The second-order valence-electron chi connectivity index (χ2n) is 7.44. The van der Waals surface area contributed by atoms with Crippen LogP contribution >= 0.6 is 34.8 Å². The molecule has 1 aromatic carbocycles. The number of hydrogen-bond donors (Lipinski definition) is 1. The number of carbonyl (C=O) groups is 2. The number of rotatable bonds is 11. The Kier molecular flexibility index (Phi) is 10.3. The first-order chi connectivity index (χ1) is 13.9. The minimum atomic E-state index is -0.449. The van der Waals surface area contributed by atoms with Crippen LogP contribution in [-0.4, -0.2) is 29.3 Å². The molecule has 1 N–H and O–H groups in total. The van der Waals surface area contributed by atoms with Gasteiger partial charge in [-0.25, -0.2) is 0 Å². The van der Waals surface area contributed by atoms with Crippen LogP contribution in [0.1, 0.15) is 64.2 Å². The number of likely N-dealkylation sites (tertiary alicyclic amines) is 1. The molecule has 160 valence electrons. The molecule has 4 nitrogen and oxygen atoms in total. The zero-order valence-electron chi connectivity index (χ0n) is 16.7. The van der Waals surface area contributed by atoms with Gasteiger partial charge in [-0.1, -0.05) is 66.6 Å². The Morgan fingerprint density at radius 2 is 1.69 bits per heavy atom. The minimum absolute atomic E-state index is 0.0569. The van der Waals surface area contributed by atoms with Crippen molar-refractivity contribution in [3.05, 3.63) is 39.9 Å². The SMILES string of the molecule is C=CCCCCCCCCC(=O)N1CCCC1C(=O)Nc1cc(Cl)c(Cl)c(Cl)c1. The third-order valence-electron chi connectivity index (χ3n) is 5.18. The number of amides is 2. The van der Waals surface area contributed by atoms with Crippen LogP contribution in [0, 0.1) is 0 Å². The van der Waals surface area contributed by atoms with E-state index in [9.17, 15) is 9.59 Å². The summed E-state index contributed by atoms with van der Waals surface area (Å²) in [6, 6.07) is 2.67. The molecule has 1 heterocycles. The van der Waals surface area contributed by atoms with Gasteiger partial charge in [0.1, 0.15) is 6.04 Å². The van der Waals surface area contributed by atoms with Crippen molar-refractivity contribution in [3.8, 4) is 0 Å². The van der Waals surface area contributed by atoms with Crippen molar-refractivity contribution in [2.45, 2.75) is 70.3 Å². The van der Waals surface area contributed by atoms with Crippen LogP contribution < -0.4 is 5.32 Å². The van der Waals surface area contributed by atoms with Crippen molar-refractivity contribution >= 4 is 52.3 Å². The molecule has 1 unspecified atom stereocenters. The van der Waals surface area contributed by atoms with E-state index in [2.05, 4.69) is 11.9 Å². The molecular weight excluding hydrogens is 431 g/mol. The average molecular weight is 460 g/mol. The summed E-state index contributed by atoms with van der Waals surface area (Å²) in [6.45, 7) is 4.36. The molecule has 0 spiro atoms. The van der Waals surface area contributed by atoms with Crippen LogP contribution in [0.2, 0.25) is 15.1 Å². The Labute approximate surface area is 188 Å². The topological polar surface area (TPSA) is 49.4 Å². The van der Waals surface area contributed by atoms with E-state index in [4.69, 9.17) is 34.8 Å². The van der Waals surface area contributed by atoms with E-state index in [-0.39, 0.29) is 26.9 Å². The molecule has 1 aliphatic heterocycles. The lowest BCUT2D eigenvalue weighted by Gasteiger charge is -2.24. The highest BCUT2D eigenvalue weighted by Gasteiger charge is 2.33. The van der Waals surface area contributed by atoms with Gasteiger partial charge < -0.3 is 10.2 Å². The van der Waals surface area contributed by atoms with Crippen LogP contribution in [0.5, 0.6) is 0 Å². The van der Waals surface area contributed by atoms with Crippen LogP contribution in [-0.2, 0) is 9.59 Å². The lowest BCUT2D eigenvalue weighted by molar-refractivity contribution is -0.136. The highest BCUT2D eigenvalue weighted by molar-refractivity contribution is 6.48. The zero-order chi connectivity index (χ0) is 21.2. The van der Waals surface area contributed by atoms with Gasteiger partial charge in [0.15, 0.2) is 0 Å². The number of hydrogen-bond acceptors (Lipinski definition) is 2. The van der Waals surface area contributed by atoms with Gasteiger partial charge in [0, 0.05) is 18.7 Å². The van der Waals surface area contributed by atoms with Gasteiger partial charge in [0.25, 0.3) is 0 Å². The third-order valence-corrected chi connectivity index (χ3v) is 6.37. The van der Waals surface area contributed by atoms with Gasteiger partial charge in [-0.05, 0) is 44.2 Å². The monoisotopic (exact) mass is 458 g/mol. The van der Waals surface area contributed by atoms with Gasteiger partial charge in [-0.15, -0.1) is 6.58 Å². The minimum Gasteiger partial charge on any atom is -0.331 e. The van der Waals surface area contributed by atoms with E-state index in [1.807, 2.05) is 6.08 Å². The van der Waals surface area contributed by atoms with Gasteiger partial charge >= 0.3 is 0 Å². The van der Waals surface area contributed by atoms with Gasteiger partial charge in [-0.2, -0.15) is 0 Å². The maximum absolute atomic E-state index is 12.7. The predicted octanol–water partition coefficient (Wildman–Crippen LogP) is 6.88. The molecule has 0 saturated carbocycles. The quantitative estimate of drug-likeness (QED) is 0.223. The maximum atomic E-state index is 12.7. The second kappa shape index (κ2) is 12.5. The molecule has 0 aromatic heterocycles. The summed E-state index contributed by atoms with van der Waals surface area (Å²) < 4.78 is 0. The Hall–Kier alpha value is -1.23. The highest BCUT2D eigenvalue weighted by Crippen LogP contribution is 2.33. The Morgan fingerprint density at radius 3 is 2.34 bits per heavy atom. The van der Waals surface area contributed by atoms with Gasteiger partial charge in [0.2, 0.25) is 11.8 Å². The van der Waals surface area contributed by atoms with E-state index < -0.39 is 6.04 Å². The van der Waals surface area contributed by atoms with Gasteiger partial charge in [0.05, 0.1) is 15.1 Å². The Bertz CT molecular complexity index is 701. The van der Waals surface area contributed by atoms with Gasteiger partial charge in [-0.3, -0.25) is 9.59 Å². The summed E-state index contributed by atoms with van der Waals surface area (Å²) in [6.07, 6.45) is 11.7. The molecule has 0 aliphatic carbocycles. The molecule has 7 heteroatoms. The number of nitrogens with one attached hydrogen (secondary N) is 1. The lowest BCUT2D eigenvalue weighted by Crippen LogP contribution is -2.43. The molecule has 29 heavy (non-hydrogen) atoms. The van der Waals surface area contributed by atoms with Crippen LogP contribution in [0.15, 0.2) is 24.8 Å². The Balaban J connectivity index is 1.78. The smallest absolute Gasteiger partial charge is 0.247 e. The summed E-state index contributed by atoms with van der Waals surface area (Å²) in [7, 11) is 0. The molecule has 1 fully saturated rings. The fourth-order valence-corrected chi connectivity index (χ4v) is 4.20. The molecular formula is C22H29Cl3N2O2. The molecule has 0 bridgehead atoms. The molecule has 0 radical (unpaired) electrons. The van der Waals surface area contributed by atoms with E-state index in [1.165, 1.54) is 19.3 Å². The standard InChI is InChI=1S/C22H29Cl3N2O2/c1-2-3-4-5-6-7-8-9-12-20(28)27-13-10-11-19(27)22(29)26-16-14-17(23)21(25)18(24)15-16/h2,14-15,19H,1,3-13H2,(H,26,29). The lowest BCUT2D eigenvalue weighted by atomic mass is 10.1. The van der Waals surface area contributed by atoms with Crippen molar-refractivity contribution in [1.29, 1.82) is 0 Å². The fourth-order valence-electron chi connectivity index (χ4n) is 3.61. The molecule has 2 amide bonds. The predicted molar refractivity (Wildman–Crippen MR) is 122 cm³/mol.